The lowest BCUT2D eigenvalue weighted by atomic mass is 10.0. The summed E-state index contributed by atoms with van der Waals surface area (Å²) in [5.41, 5.74) is 1.24. The minimum atomic E-state index is -0.568. The van der Waals surface area contributed by atoms with E-state index in [0.717, 1.165) is 37.3 Å². The quantitative estimate of drug-likeness (QED) is 0.180. The van der Waals surface area contributed by atoms with Crippen LogP contribution in [0, 0.1) is 39.7 Å². The molecule has 1 aromatic heterocycles. The molecule has 0 unspecified atom stereocenters. The zero-order valence-corrected chi connectivity index (χ0v) is 19.6. The number of ether oxygens (including phenoxy) is 1. The molecule has 0 aliphatic carbocycles. The van der Waals surface area contributed by atoms with Crippen LogP contribution >= 0.6 is 11.3 Å². The second-order valence-corrected chi connectivity index (χ2v) is 8.76. The molecule has 10 heteroatoms. The summed E-state index contributed by atoms with van der Waals surface area (Å²) in [6.45, 7) is 4.94. The highest BCUT2D eigenvalue weighted by Gasteiger charge is 2.25. The van der Waals surface area contributed by atoms with Crippen LogP contribution in [0.3, 0.4) is 0 Å². The second kappa shape index (κ2) is 10.7. The largest absolute Gasteiger partial charge is 0.462 e. The first kappa shape index (κ1) is 24.6. The van der Waals surface area contributed by atoms with Gasteiger partial charge in [-0.1, -0.05) is 6.07 Å². The molecule has 1 aliphatic rings. The fourth-order valence-electron chi connectivity index (χ4n) is 3.82. The normalized spacial score (nSPS) is 13.3. The van der Waals surface area contributed by atoms with E-state index in [1.807, 2.05) is 17.0 Å². The molecule has 2 aromatic rings. The maximum atomic E-state index is 12.9. The molecule has 0 saturated carbocycles. The van der Waals surface area contributed by atoms with Crippen molar-refractivity contribution < 1.29 is 19.2 Å². The zero-order chi connectivity index (χ0) is 24.8. The maximum absolute atomic E-state index is 12.9. The summed E-state index contributed by atoms with van der Waals surface area (Å²) in [7, 11) is 0. The van der Waals surface area contributed by atoms with Gasteiger partial charge in [-0.3, -0.25) is 14.9 Å². The molecule has 0 radical (unpaired) electrons. The van der Waals surface area contributed by atoms with Crippen LogP contribution in [0.5, 0.6) is 0 Å². The number of ketones is 1. The van der Waals surface area contributed by atoms with E-state index in [0.29, 0.717) is 21.7 Å². The number of hydrogen-bond acceptors (Lipinski definition) is 9. The van der Waals surface area contributed by atoms with Crippen molar-refractivity contribution in [3.63, 3.8) is 0 Å². The van der Waals surface area contributed by atoms with Gasteiger partial charge in [0.2, 0.25) is 0 Å². The molecule has 2 heterocycles. The third-order valence-corrected chi connectivity index (χ3v) is 6.76. The topological polar surface area (TPSA) is 137 Å². The Labute approximate surface area is 200 Å². The predicted octanol–water partition coefficient (Wildman–Crippen LogP) is 4.33. The number of nitrogens with zero attached hydrogens (tertiary/aromatic N) is 4. The molecule has 1 saturated heterocycles. The van der Waals surface area contributed by atoms with Gasteiger partial charge in [-0.15, -0.1) is 11.3 Å². The second-order valence-electron chi connectivity index (χ2n) is 7.66. The summed E-state index contributed by atoms with van der Waals surface area (Å²) in [6, 6.07) is 8.50. The van der Waals surface area contributed by atoms with Crippen molar-refractivity contribution in [2.45, 2.75) is 33.1 Å². The van der Waals surface area contributed by atoms with Crippen LogP contribution in [0.25, 0.3) is 6.08 Å². The van der Waals surface area contributed by atoms with E-state index < -0.39 is 16.7 Å². The van der Waals surface area contributed by atoms with Crippen LogP contribution in [0.2, 0.25) is 0 Å². The Balaban J connectivity index is 1.90. The highest BCUT2D eigenvalue weighted by Crippen LogP contribution is 2.33. The molecule has 3 rings (SSSR count). The monoisotopic (exact) mass is 478 g/mol. The van der Waals surface area contributed by atoms with E-state index in [1.54, 1.807) is 26.0 Å². The number of Topliss-reactive ketones (excluding diaryl/α,β-unsaturated/α-hetero) is 1. The molecule has 1 aliphatic heterocycles. The average molecular weight is 479 g/mol. The Hall–Kier alpha value is -4.02. The van der Waals surface area contributed by atoms with Gasteiger partial charge in [0, 0.05) is 30.5 Å². The number of hydrogen-bond donors (Lipinski definition) is 0. The van der Waals surface area contributed by atoms with Gasteiger partial charge in [-0.05, 0) is 50.0 Å². The summed E-state index contributed by atoms with van der Waals surface area (Å²) in [6.07, 6.45) is 3.00. The summed E-state index contributed by atoms with van der Waals surface area (Å²) in [5, 5.41) is 30.7. The Bertz CT molecular complexity index is 1260. The minimum Gasteiger partial charge on any atom is -0.462 e. The third-order valence-electron chi connectivity index (χ3n) is 5.49. The first-order valence-electron chi connectivity index (χ1n) is 10.7. The van der Waals surface area contributed by atoms with Gasteiger partial charge in [0.15, 0.2) is 5.78 Å². The number of nitro groups is 1. The summed E-state index contributed by atoms with van der Waals surface area (Å²) in [4.78, 5) is 38.7. The number of rotatable bonds is 8. The molecular weight excluding hydrogens is 456 g/mol. The lowest BCUT2D eigenvalue weighted by Crippen LogP contribution is -2.18. The number of carbonyl (C=O) groups excluding carboxylic acids is 2. The van der Waals surface area contributed by atoms with Gasteiger partial charge < -0.3 is 9.64 Å². The van der Waals surface area contributed by atoms with Gasteiger partial charge in [0.1, 0.15) is 22.7 Å². The van der Waals surface area contributed by atoms with Gasteiger partial charge >= 0.3 is 5.97 Å². The number of carbonyl (C=O) groups is 2. The fraction of sp³-hybridized carbons (Fsp3) is 0.333. The fourth-order valence-corrected chi connectivity index (χ4v) is 4.97. The number of allylic oxidation sites excluding steroid dienone is 1. The van der Waals surface area contributed by atoms with Gasteiger partial charge in [0.05, 0.1) is 22.7 Å². The number of nitro benzene ring substituents is 1. The van der Waals surface area contributed by atoms with Gasteiger partial charge in [0.25, 0.3) is 5.69 Å². The van der Waals surface area contributed by atoms with Crippen molar-refractivity contribution in [2.24, 2.45) is 0 Å². The first-order valence-corrected chi connectivity index (χ1v) is 11.5. The number of esters is 1. The van der Waals surface area contributed by atoms with E-state index in [2.05, 4.69) is 0 Å². The Kier molecular flexibility index (Phi) is 7.77. The highest BCUT2D eigenvalue weighted by atomic mass is 32.1. The van der Waals surface area contributed by atoms with Crippen LogP contribution < -0.4 is 4.90 Å². The van der Waals surface area contributed by atoms with Crippen molar-refractivity contribution in [3.05, 3.63) is 60.3 Å². The highest BCUT2D eigenvalue weighted by molar-refractivity contribution is 7.14. The SMILES string of the molecule is CCOC(=O)c1sc(CC(=O)/C(C#N)=C\c2ccc(N3CCCC3)c([N+](=O)[O-])c2)c(C#N)c1C. The molecule has 0 spiro atoms. The number of anilines is 1. The van der Waals surface area contributed by atoms with Crippen molar-refractivity contribution >= 4 is 40.5 Å². The third kappa shape index (κ3) is 5.13. The summed E-state index contributed by atoms with van der Waals surface area (Å²) >= 11 is 0.994. The number of thiophene rings is 1. The summed E-state index contributed by atoms with van der Waals surface area (Å²) < 4.78 is 5.01. The molecule has 9 nitrogen and oxygen atoms in total. The van der Waals surface area contributed by atoms with Crippen LogP contribution in [0.1, 0.15) is 51.0 Å². The molecule has 0 atom stereocenters. The minimum absolute atomic E-state index is 0.0832. The molecule has 1 aromatic carbocycles. The van der Waals surface area contributed by atoms with E-state index in [9.17, 15) is 30.2 Å². The molecule has 174 valence electrons. The first-order chi connectivity index (χ1) is 16.3. The predicted molar refractivity (Wildman–Crippen MR) is 127 cm³/mol. The van der Waals surface area contributed by atoms with E-state index in [4.69, 9.17) is 4.74 Å². The summed E-state index contributed by atoms with van der Waals surface area (Å²) in [5.74, 6) is -1.12. The van der Waals surface area contributed by atoms with Crippen LogP contribution in [0.4, 0.5) is 11.4 Å². The number of benzene rings is 1. The standard InChI is InChI=1S/C24H22N4O5S/c1-3-33-24(30)23-15(2)18(14-26)22(34-23)12-21(29)17(13-25)10-16-6-7-19(20(11-16)28(31)32)27-8-4-5-9-27/h6-7,10-11H,3-5,8-9,12H2,1-2H3/b17-10-. The van der Waals surface area contributed by atoms with Crippen molar-refractivity contribution in [3.8, 4) is 12.1 Å². The Morgan fingerprint density at radius 3 is 2.59 bits per heavy atom. The molecule has 1 fully saturated rings. The van der Waals surface area contributed by atoms with E-state index in [-0.39, 0.29) is 34.7 Å². The van der Waals surface area contributed by atoms with E-state index in [1.165, 1.54) is 12.1 Å². The Morgan fingerprint density at radius 1 is 1.29 bits per heavy atom. The van der Waals surface area contributed by atoms with Gasteiger partial charge in [-0.2, -0.15) is 10.5 Å². The maximum Gasteiger partial charge on any atom is 0.348 e. The Morgan fingerprint density at radius 2 is 2.00 bits per heavy atom. The molecule has 0 bridgehead atoms. The average Bonchev–Trinajstić information content (AvgIpc) is 3.45. The van der Waals surface area contributed by atoms with E-state index >= 15 is 0 Å². The van der Waals surface area contributed by atoms with Crippen molar-refractivity contribution in [1.82, 2.24) is 0 Å². The smallest absolute Gasteiger partial charge is 0.348 e. The molecule has 0 amide bonds. The molecule has 34 heavy (non-hydrogen) atoms. The van der Waals surface area contributed by atoms with Crippen LogP contribution in [0.15, 0.2) is 23.8 Å². The zero-order valence-electron chi connectivity index (χ0n) is 18.8. The van der Waals surface area contributed by atoms with Gasteiger partial charge in [-0.25, -0.2) is 4.79 Å². The molecule has 0 N–H and O–H groups in total. The lowest BCUT2D eigenvalue weighted by Gasteiger charge is -2.17. The lowest BCUT2D eigenvalue weighted by molar-refractivity contribution is -0.384. The molecular formula is C24H22N4O5S. The van der Waals surface area contributed by atoms with Crippen LogP contribution in [-0.4, -0.2) is 36.4 Å². The number of nitriles is 2. The van der Waals surface area contributed by atoms with Crippen molar-refractivity contribution in [2.75, 3.05) is 24.6 Å². The van der Waals surface area contributed by atoms with Crippen molar-refractivity contribution in [1.29, 1.82) is 10.5 Å². The van der Waals surface area contributed by atoms with Crippen LogP contribution in [-0.2, 0) is 16.0 Å².